The minimum atomic E-state index is 0.218. The Balaban J connectivity index is 1.27. The van der Waals surface area contributed by atoms with Gasteiger partial charge in [-0.15, -0.1) is 0 Å². The fourth-order valence-electron chi connectivity index (χ4n) is 3.94. The number of carbonyl (C=O) groups excluding carboxylic acids is 1. The van der Waals surface area contributed by atoms with Crippen molar-refractivity contribution in [3.8, 4) is 0 Å². The maximum absolute atomic E-state index is 11.9. The normalized spacial score (nSPS) is 14.5. The molecule has 0 aliphatic carbocycles. The van der Waals surface area contributed by atoms with Crippen molar-refractivity contribution >= 4 is 28.5 Å². The molecule has 0 radical (unpaired) electrons. The number of amides is 1. The molecule has 3 aromatic rings. The minimum Gasteiger partial charge on any atom is -0.361 e. The molecule has 30 heavy (non-hydrogen) atoms. The van der Waals surface area contributed by atoms with E-state index >= 15 is 0 Å². The Labute approximate surface area is 177 Å². The van der Waals surface area contributed by atoms with Crippen molar-refractivity contribution in [2.24, 2.45) is 4.99 Å². The predicted octanol–water partition coefficient (Wildman–Crippen LogP) is 3.51. The van der Waals surface area contributed by atoms with Crippen molar-refractivity contribution in [1.82, 2.24) is 15.6 Å². The van der Waals surface area contributed by atoms with E-state index in [1.807, 2.05) is 17.0 Å². The smallest absolute Gasteiger partial charge is 0.227 e. The number of nitrogens with zero attached hydrogens (tertiary/aromatic N) is 2. The van der Waals surface area contributed by atoms with Gasteiger partial charge in [0, 0.05) is 55.9 Å². The number of aromatic amines is 1. The van der Waals surface area contributed by atoms with Crippen LogP contribution in [0.1, 0.15) is 29.5 Å². The maximum Gasteiger partial charge on any atom is 0.227 e. The van der Waals surface area contributed by atoms with Crippen molar-refractivity contribution < 1.29 is 4.79 Å². The van der Waals surface area contributed by atoms with E-state index in [1.165, 1.54) is 22.0 Å². The zero-order valence-corrected chi connectivity index (χ0v) is 17.7. The average molecular weight is 404 g/mol. The van der Waals surface area contributed by atoms with E-state index in [2.05, 4.69) is 64.1 Å². The van der Waals surface area contributed by atoms with Crippen LogP contribution in [0.3, 0.4) is 0 Å². The maximum atomic E-state index is 11.9. The highest BCUT2D eigenvalue weighted by Gasteiger charge is 2.21. The first-order valence-corrected chi connectivity index (χ1v) is 10.5. The molecule has 0 spiro atoms. The van der Waals surface area contributed by atoms with E-state index in [-0.39, 0.29) is 5.91 Å². The Morgan fingerprint density at radius 2 is 2.00 bits per heavy atom. The molecule has 1 fully saturated rings. The standard InChI is InChI=1S/C24H29N5O/c1-17-5-10-21-19(16-27-22(21)14-17)11-12-26-24(25-2)28-15-18-6-8-20(9-7-18)29-13-3-4-23(29)30/h5-10,14,16,27H,3-4,11-13,15H2,1-2H3,(H2,25,26,28). The summed E-state index contributed by atoms with van der Waals surface area (Å²) >= 11 is 0. The average Bonchev–Trinajstić information content (AvgIpc) is 3.36. The number of benzene rings is 2. The van der Waals surface area contributed by atoms with Crippen molar-refractivity contribution in [1.29, 1.82) is 0 Å². The molecule has 1 aliphatic rings. The van der Waals surface area contributed by atoms with Gasteiger partial charge in [-0.2, -0.15) is 0 Å². The summed E-state index contributed by atoms with van der Waals surface area (Å²) in [6.07, 6.45) is 4.61. The number of rotatable bonds is 6. The summed E-state index contributed by atoms with van der Waals surface area (Å²) in [5.41, 5.74) is 5.89. The molecule has 0 saturated carbocycles. The molecule has 0 bridgehead atoms. The van der Waals surface area contributed by atoms with Gasteiger partial charge in [0.2, 0.25) is 5.91 Å². The lowest BCUT2D eigenvalue weighted by Gasteiger charge is -2.16. The van der Waals surface area contributed by atoms with Gasteiger partial charge in [-0.3, -0.25) is 9.79 Å². The quantitative estimate of drug-likeness (QED) is 0.436. The van der Waals surface area contributed by atoms with Gasteiger partial charge in [0.15, 0.2) is 5.96 Å². The third-order valence-corrected chi connectivity index (χ3v) is 5.61. The van der Waals surface area contributed by atoms with E-state index in [9.17, 15) is 4.79 Å². The summed E-state index contributed by atoms with van der Waals surface area (Å²) in [6.45, 7) is 4.41. The molecule has 1 saturated heterocycles. The summed E-state index contributed by atoms with van der Waals surface area (Å²) in [5, 5.41) is 8.03. The van der Waals surface area contributed by atoms with E-state index in [0.717, 1.165) is 43.1 Å². The number of hydrogen-bond acceptors (Lipinski definition) is 2. The molecule has 0 atom stereocenters. The first-order valence-electron chi connectivity index (χ1n) is 10.5. The fraction of sp³-hybridized carbons (Fsp3) is 0.333. The number of hydrogen-bond donors (Lipinski definition) is 3. The van der Waals surface area contributed by atoms with Crippen molar-refractivity contribution in [2.45, 2.75) is 32.7 Å². The summed E-state index contributed by atoms with van der Waals surface area (Å²) in [6, 6.07) is 14.7. The van der Waals surface area contributed by atoms with Crippen LogP contribution in [0.4, 0.5) is 5.69 Å². The molecule has 2 aromatic carbocycles. The number of fused-ring (bicyclic) bond motifs is 1. The van der Waals surface area contributed by atoms with Crippen molar-refractivity contribution in [2.75, 3.05) is 25.0 Å². The molecule has 1 amide bonds. The molecule has 6 nitrogen and oxygen atoms in total. The minimum absolute atomic E-state index is 0.218. The van der Waals surface area contributed by atoms with Gasteiger partial charge >= 0.3 is 0 Å². The van der Waals surface area contributed by atoms with Crippen LogP contribution in [-0.4, -0.2) is 37.0 Å². The fourth-order valence-corrected chi connectivity index (χ4v) is 3.94. The Kier molecular flexibility index (Phi) is 6.02. The zero-order chi connectivity index (χ0) is 20.9. The molecule has 4 rings (SSSR count). The van der Waals surface area contributed by atoms with Gasteiger partial charge in [-0.25, -0.2) is 0 Å². The number of aryl methyl sites for hydroxylation is 1. The second-order valence-electron chi connectivity index (χ2n) is 7.78. The number of aliphatic imine (C=N–C) groups is 1. The van der Waals surface area contributed by atoms with Crippen LogP contribution in [0.25, 0.3) is 10.9 Å². The number of H-pyrrole nitrogens is 1. The first kappa shape index (κ1) is 20.0. The molecular formula is C24H29N5O. The lowest BCUT2D eigenvalue weighted by atomic mass is 10.1. The topological polar surface area (TPSA) is 72.5 Å². The molecule has 6 heteroatoms. The number of guanidine groups is 1. The summed E-state index contributed by atoms with van der Waals surface area (Å²) in [4.78, 5) is 21.4. The van der Waals surface area contributed by atoms with Crippen molar-refractivity contribution in [3.05, 3.63) is 65.4 Å². The van der Waals surface area contributed by atoms with E-state index in [0.29, 0.717) is 13.0 Å². The van der Waals surface area contributed by atoms with Crippen LogP contribution in [-0.2, 0) is 17.8 Å². The van der Waals surface area contributed by atoms with E-state index in [4.69, 9.17) is 0 Å². The molecule has 1 aliphatic heterocycles. The van der Waals surface area contributed by atoms with Crippen LogP contribution in [0.15, 0.2) is 53.7 Å². The summed E-state index contributed by atoms with van der Waals surface area (Å²) < 4.78 is 0. The Morgan fingerprint density at radius 3 is 2.73 bits per heavy atom. The van der Waals surface area contributed by atoms with Crippen molar-refractivity contribution in [3.63, 3.8) is 0 Å². The third-order valence-electron chi connectivity index (χ3n) is 5.61. The SMILES string of the molecule is CN=C(NCCc1c[nH]c2cc(C)ccc12)NCc1ccc(N2CCCC2=O)cc1. The molecular weight excluding hydrogens is 374 g/mol. The zero-order valence-electron chi connectivity index (χ0n) is 17.7. The lowest BCUT2D eigenvalue weighted by molar-refractivity contribution is -0.117. The lowest BCUT2D eigenvalue weighted by Crippen LogP contribution is -2.37. The summed E-state index contributed by atoms with van der Waals surface area (Å²) in [7, 11) is 1.78. The highest BCUT2D eigenvalue weighted by atomic mass is 16.2. The Bertz CT molecular complexity index is 1050. The van der Waals surface area contributed by atoms with Gasteiger partial charge in [-0.1, -0.05) is 24.3 Å². The molecule has 3 N–H and O–H groups in total. The summed E-state index contributed by atoms with van der Waals surface area (Å²) in [5.74, 6) is 1.00. The van der Waals surface area contributed by atoms with E-state index in [1.54, 1.807) is 7.05 Å². The van der Waals surface area contributed by atoms with Crippen LogP contribution in [0, 0.1) is 6.92 Å². The highest BCUT2D eigenvalue weighted by Crippen LogP contribution is 2.22. The molecule has 156 valence electrons. The Hall–Kier alpha value is -3.28. The Morgan fingerprint density at radius 1 is 1.17 bits per heavy atom. The molecule has 2 heterocycles. The predicted molar refractivity (Wildman–Crippen MR) is 123 cm³/mol. The van der Waals surface area contributed by atoms with Gasteiger partial charge < -0.3 is 20.5 Å². The van der Waals surface area contributed by atoms with Crippen LogP contribution >= 0.6 is 0 Å². The highest BCUT2D eigenvalue weighted by molar-refractivity contribution is 5.95. The van der Waals surface area contributed by atoms with Gasteiger partial charge in [0.05, 0.1) is 0 Å². The second kappa shape index (κ2) is 9.03. The van der Waals surface area contributed by atoms with Crippen LogP contribution in [0.5, 0.6) is 0 Å². The van der Waals surface area contributed by atoms with E-state index < -0.39 is 0 Å². The van der Waals surface area contributed by atoms with Gasteiger partial charge in [-0.05, 0) is 54.7 Å². The largest absolute Gasteiger partial charge is 0.361 e. The number of anilines is 1. The first-order chi connectivity index (χ1) is 14.6. The number of aromatic nitrogens is 1. The monoisotopic (exact) mass is 403 g/mol. The van der Waals surface area contributed by atoms with Gasteiger partial charge in [0.25, 0.3) is 0 Å². The molecule has 1 aromatic heterocycles. The van der Waals surface area contributed by atoms with Crippen LogP contribution in [0.2, 0.25) is 0 Å². The van der Waals surface area contributed by atoms with Gasteiger partial charge in [0.1, 0.15) is 0 Å². The second-order valence-corrected chi connectivity index (χ2v) is 7.78. The molecule has 0 unspecified atom stereocenters. The number of carbonyl (C=O) groups is 1. The number of nitrogens with one attached hydrogen (secondary N) is 3. The van der Waals surface area contributed by atoms with Crippen LogP contribution < -0.4 is 15.5 Å². The third kappa shape index (κ3) is 4.48.